The zero-order valence-electron chi connectivity index (χ0n) is 11.8. The molecule has 0 radical (unpaired) electrons. The summed E-state index contributed by atoms with van der Waals surface area (Å²) < 4.78 is 0. The average Bonchev–Trinajstić information content (AvgIpc) is 2.60. The van der Waals surface area contributed by atoms with Crippen LogP contribution in [0, 0.1) is 11.3 Å². The van der Waals surface area contributed by atoms with Crippen LogP contribution in [0.25, 0.3) is 0 Å². The normalized spacial score (nSPS) is 11.9. The molecular formula is C19H13N3. The summed E-state index contributed by atoms with van der Waals surface area (Å²) in [5.74, 6) is 0. The second-order valence-electron chi connectivity index (χ2n) is 5.15. The van der Waals surface area contributed by atoms with Crippen LogP contribution in [0.1, 0.15) is 5.56 Å². The number of benzene rings is 3. The van der Waals surface area contributed by atoms with E-state index in [1.54, 1.807) is 0 Å². The van der Waals surface area contributed by atoms with Gasteiger partial charge in [0.05, 0.1) is 34.4 Å². The Kier molecular flexibility index (Phi) is 2.80. The molecule has 0 unspecified atom stereocenters. The molecule has 0 aromatic heterocycles. The van der Waals surface area contributed by atoms with Gasteiger partial charge in [-0.25, -0.2) is 0 Å². The van der Waals surface area contributed by atoms with Crippen molar-refractivity contribution in [3.05, 3.63) is 78.4 Å². The fourth-order valence-electron chi connectivity index (χ4n) is 2.79. The smallest absolute Gasteiger partial charge is 0.0991 e. The number of nitrogens with zero attached hydrogens (tertiary/aromatic N) is 2. The predicted octanol–water partition coefficient (Wildman–Crippen LogP) is 5.09. The Morgan fingerprint density at radius 1 is 0.727 bits per heavy atom. The van der Waals surface area contributed by atoms with Gasteiger partial charge >= 0.3 is 0 Å². The molecule has 0 amide bonds. The molecule has 1 heterocycles. The standard InChI is InChI=1S/C19H13N3/c20-13-14-9-11-15(12-10-14)22-18-7-3-1-5-16(18)21-17-6-2-4-8-19(17)22/h1-12,21H. The lowest BCUT2D eigenvalue weighted by molar-refractivity contribution is 1.25. The molecule has 104 valence electrons. The highest BCUT2D eigenvalue weighted by molar-refractivity contribution is 5.96. The Morgan fingerprint density at radius 3 is 1.82 bits per heavy atom. The molecule has 0 fully saturated rings. The van der Waals surface area contributed by atoms with Crippen molar-refractivity contribution in [3.8, 4) is 6.07 Å². The van der Waals surface area contributed by atoms with Gasteiger partial charge in [-0.2, -0.15) is 5.26 Å². The SMILES string of the molecule is N#Cc1ccc(N2c3ccccc3Nc3ccccc32)cc1. The number of fused-ring (bicyclic) bond motifs is 2. The lowest BCUT2D eigenvalue weighted by Gasteiger charge is -2.33. The van der Waals surface area contributed by atoms with E-state index in [9.17, 15) is 0 Å². The van der Waals surface area contributed by atoms with E-state index in [1.165, 1.54) is 0 Å². The topological polar surface area (TPSA) is 39.1 Å². The fraction of sp³-hybridized carbons (Fsp3) is 0. The van der Waals surface area contributed by atoms with E-state index < -0.39 is 0 Å². The largest absolute Gasteiger partial charge is 0.352 e. The maximum Gasteiger partial charge on any atom is 0.0991 e. The molecule has 0 saturated carbocycles. The molecule has 22 heavy (non-hydrogen) atoms. The monoisotopic (exact) mass is 283 g/mol. The van der Waals surface area contributed by atoms with Crippen molar-refractivity contribution >= 4 is 28.4 Å². The van der Waals surface area contributed by atoms with E-state index >= 15 is 0 Å². The van der Waals surface area contributed by atoms with Crippen molar-refractivity contribution in [3.63, 3.8) is 0 Å². The summed E-state index contributed by atoms with van der Waals surface area (Å²) in [6.45, 7) is 0. The number of para-hydroxylation sites is 4. The maximum absolute atomic E-state index is 8.98. The van der Waals surface area contributed by atoms with Gasteiger partial charge in [0.15, 0.2) is 0 Å². The van der Waals surface area contributed by atoms with Crippen molar-refractivity contribution in [1.29, 1.82) is 5.26 Å². The first-order valence-corrected chi connectivity index (χ1v) is 7.12. The minimum absolute atomic E-state index is 0.667. The third kappa shape index (κ3) is 1.90. The minimum atomic E-state index is 0.667. The van der Waals surface area contributed by atoms with E-state index in [0.29, 0.717) is 5.56 Å². The number of nitriles is 1. The van der Waals surface area contributed by atoms with Crippen LogP contribution in [0.3, 0.4) is 0 Å². The summed E-state index contributed by atoms with van der Waals surface area (Å²) in [6.07, 6.45) is 0. The molecule has 0 bridgehead atoms. The highest BCUT2D eigenvalue weighted by atomic mass is 15.2. The Hall–Kier alpha value is -3.25. The number of hydrogen-bond donors (Lipinski definition) is 1. The number of hydrogen-bond acceptors (Lipinski definition) is 3. The van der Waals surface area contributed by atoms with Gasteiger partial charge in [0.25, 0.3) is 0 Å². The molecule has 4 rings (SSSR count). The zero-order chi connectivity index (χ0) is 14.9. The summed E-state index contributed by atoms with van der Waals surface area (Å²) in [5, 5.41) is 12.4. The van der Waals surface area contributed by atoms with Gasteiger partial charge in [-0.1, -0.05) is 24.3 Å². The lowest BCUT2D eigenvalue weighted by atomic mass is 10.1. The van der Waals surface area contributed by atoms with Crippen LogP contribution in [-0.4, -0.2) is 0 Å². The van der Waals surface area contributed by atoms with Gasteiger partial charge in [-0.05, 0) is 48.5 Å². The molecular weight excluding hydrogens is 270 g/mol. The van der Waals surface area contributed by atoms with Crippen molar-refractivity contribution < 1.29 is 0 Å². The van der Waals surface area contributed by atoms with Crippen LogP contribution in [0.4, 0.5) is 28.4 Å². The van der Waals surface area contributed by atoms with Crippen LogP contribution in [-0.2, 0) is 0 Å². The molecule has 3 aromatic carbocycles. The van der Waals surface area contributed by atoms with Gasteiger partial charge in [0.1, 0.15) is 0 Å². The van der Waals surface area contributed by atoms with Crippen molar-refractivity contribution in [2.45, 2.75) is 0 Å². The number of rotatable bonds is 1. The van der Waals surface area contributed by atoms with Crippen LogP contribution < -0.4 is 10.2 Å². The molecule has 0 saturated heterocycles. The van der Waals surface area contributed by atoms with Gasteiger partial charge in [-0.15, -0.1) is 0 Å². The highest BCUT2D eigenvalue weighted by Crippen LogP contribution is 2.47. The molecule has 1 aliphatic rings. The Morgan fingerprint density at radius 2 is 1.27 bits per heavy atom. The highest BCUT2D eigenvalue weighted by Gasteiger charge is 2.22. The van der Waals surface area contributed by atoms with Crippen molar-refractivity contribution in [2.24, 2.45) is 0 Å². The van der Waals surface area contributed by atoms with E-state index in [4.69, 9.17) is 5.26 Å². The van der Waals surface area contributed by atoms with Crippen LogP contribution in [0.2, 0.25) is 0 Å². The van der Waals surface area contributed by atoms with Crippen molar-refractivity contribution in [1.82, 2.24) is 0 Å². The zero-order valence-corrected chi connectivity index (χ0v) is 11.8. The molecule has 1 aliphatic heterocycles. The Balaban J connectivity index is 1.92. The van der Waals surface area contributed by atoms with Gasteiger partial charge in [0.2, 0.25) is 0 Å². The summed E-state index contributed by atoms with van der Waals surface area (Å²) in [4.78, 5) is 2.21. The molecule has 3 nitrogen and oxygen atoms in total. The summed E-state index contributed by atoms with van der Waals surface area (Å²) in [7, 11) is 0. The van der Waals surface area contributed by atoms with E-state index in [2.05, 4.69) is 40.6 Å². The van der Waals surface area contributed by atoms with Crippen LogP contribution in [0.15, 0.2) is 72.8 Å². The first kappa shape index (κ1) is 12.5. The molecule has 3 aromatic rings. The van der Waals surface area contributed by atoms with Gasteiger partial charge in [-0.3, -0.25) is 0 Å². The molecule has 0 atom stereocenters. The predicted molar refractivity (Wildman–Crippen MR) is 89.1 cm³/mol. The second-order valence-corrected chi connectivity index (χ2v) is 5.15. The lowest BCUT2D eigenvalue weighted by Crippen LogP contribution is -2.17. The van der Waals surface area contributed by atoms with E-state index in [0.717, 1.165) is 28.4 Å². The van der Waals surface area contributed by atoms with Gasteiger partial charge in [0, 0.05) is 5.69 Å². The van der Waals surface area contributed by atoms with Crippen molar-refractivity contribution in [2.75, 3.05) is 10.2 Å². The third-order valence-corrected chi connectivity index (χ3v) is 3.81. The third-order valence-electron chi connectivity index (χ3n) is 3.81. The maximum atomic E-state index is 8.98. The average molecular weight is 283 g/mol. The Labute approximate surface area is 129 Å². The fourth-order valence-corrected chi connectivity index (χ4v) is 2.79. The molecule has 1 N–H and O–H groups in total. The molecule has 3 heteroatoms. The summed E-state index contributed by atoms with van der Waals surface area (Å²) in [6, 6.07) is 26.3. The molecule has 0 spiro atoms. The van der Waals surface area contributed by atoms with Crippen LogP contribution in [0.5, 0.6) is 0 Å². The summed E-state index contributed by atoms with van der Waals surface area (Å²) in [5.41, 5.74) is 6.06. The molecule has 0 aliphatic carbocycles. The first-order valence-electron chi connectivity index (χ1n) is 7.12. The van der Waals surface area contributed by atoms with Crippen LogP contribution >= 0.6 is 0 Å². The summed E-state index contributed by atoms with van der Waals surface area (Å²) >= 11 is 0. The van der Waals surface area contributed by atoms with Gasteiger partial charge < -0.3 is 10.2 Å². The minimum Gasteiger partial charge on any atom is -0.352 e. The second kappa shape index (κ2) is 4.94. The van der Waals surface area contributed by atoms with E-state index in [1.807, 2.05) is 48.5 Å². The number of nitrogens with one attached hydrogen (secondary N) is 1. The first-order chi connectivity index (χ1) is 10.9. The Bertz CT molecular complexity index is 830. The van der Waals surface area contributed by atoms with E-state index in [-0.39, 0.29) is 0 Å². The quantitative estimate of drug-likeness (QED) is 0.529. The number of anilines is 5.